The van der Waals surface area contributed by atoms with Crippen molar-refractivity contribution in [3.63, 3.8) is 0 Å². The second-order valence-corrected chi connectivity index (χ2v) is 9.24. The van der Waals surface area contributed by atoms with E-state index in [1.54, 1.807) is 4.90 Å². The fourth-order valence-electron chi connectivity index (χ4n) is 4.02. The first-order chi connectivity index (χ1) is 13.4. The zero-order valence-electron chi connectivity index (χ0n) is 15.1. The second kappa shape index (κ2) is 7.05. The molecule has 9 heteroatoms. The van der Waals surface area contributed by atoms with Crippen LogP contribution in [0.4, 0.5) is 21.5 Å². The first-order valence-corrected chi connectivity index (χ1v) is 10.7. The van der Waals surface area contributed by atoms with Crippen molar-refractivity contribution < 1.29 is 17.7 Å². The van der Waals surface area contributed by atoms with Crippen LogP contribution in [-0.4, -0.2) is 38.2 Å². The van der Waals surface area contributed by atoms with Crippen LogP contribution >= 0.6 is 0 Å². The third-order valence-electron chi connectivity index (χ3n) is 5.43. The standard InChI is InChI=1S/C19H20FN3O4S/c20-17-12-15(23(24)25)7-8-19(17)21-10-3-5-16(13-21)28(26,27)22-11-9-14-4-1-2-6-18(14)22/h1-2,4,6-8,12,16H,3,5,9-11,13H2. The van der Waals surface area contributed by atoms with Gasteiger partial charge in [0, 0.05) is 25.7 Å². The van der Waals surface area contributed by atoms with Crippen molar-refractivity contribution in [2.24, 2.45) is 0 Å². The van der Waals surface area contributed by atoms with Gasteiger partial charge in [-0.05, 0) is 37.0 Å². The molecule has 0 spiro atoms. The third-order valence-corrected chi connectivity index (χ3v) is 7.65. The number of non-ortho nitro benzene ring substituents is 1. The summed E-state index contributed by atoms with van der Waals surface area (Å²) in [6.45, 7) is 1.09. The van der Waals surface area contributed by atoms with E-state index >= 15 is 0 Å². The smallest absolute Gasteiger partial charge is 0.272 e. The zero-order chi connectivity index (χ0) is 19.9. The van der Waals surface area contributed by atoms with E-state index in [1.807, 2.05) is 24.3 Å². The maximum absolute atomic E-state index is 14.4. The second-order valence-electron chi connectivity index (χ2n) is 7.10. The SMILES string of the molecule is O=[N+]([O-])c1ccc(N2CCCC(S(=O)(=O)N3CCc4ccccc43)C2)c(F)c1. The Morgan fingerprint density at radius 1 is 1.11 bits per heavy atom. The average molecular weight is 405 g/mol. The summed E-state index contributed by atoms with van der Waals surface area (Å²) >= 11 is 0. The fraction of sp³-hybridized carbons (Fsp3) is 0.368. The minimum atomic E-state index is -3.59. The molecule has 1 saturated heterocycles. The van der Waals surface area contributed by atoms with E-state index in [-0.39, 0.29) is 17.9 Å². The minimum Gasteiger partial charge on any atom is -0.368 e. The van der Waals surface area contributed by atoms with Crippen LogP contribution in [0.5, 0.6) is 0 Å². The molecule has 0 radical (unpaired) electrons. The molecule has 0 N–H and O–H groups in total. The summed E-state index contributed by atoms with van der Waals surface area (Å²) in [5.74, 6) is -0.709. The molecule has 2 aromatic rings. The number of fused-ring (bicyclic) bond motifs is 1. The molecule has 2 aliphatic heterocycles. The molecule has 0 bridgehead atoms. The molecule has 0 saturated carbocycles. The van der Waals surface area contributed by atoms with Gasteiger partial charge in [-0.15, -0.1) is 0 Å². The molecule has 2 aromatic carbocycles. The molecule has 0 aliphatic carbocycles. The Kier molecular flexibility index (Phi) is 4.70. The lowest BCUT2D eigenvalue weighted by Gasteiger charge is -2.36. The molecule has 2 aliphatic rings. The van der Waals surface area contributed by atoms with Crippen LogP contribution in [0.15, 0.2) is 42.5 Å². The maximum Gasteiger partial charge on any atom is 0.272 e. The summed E-state index contributed by atoms with van der Waals surface area (Å²) < 4.78 is 42.4. The lowest BCUT2D eigenvalue weighted by molar-refractivity contribution is -0.385. The van der Waals surface area contributed by atoms with Gasteiger partial charge in [-0.3, -0.25) is 14.4 Å². The predicted molar refractivity (Wildman–Crippen MR) is 105 cm³/mol. The van der Waals surface area contributed by atoms with E-state index in [9.17, 15) is 22.9 Å². The van der Waals surface area contributed by atoms with Crippen molar-refractivity contribution in [2.45, 2.75) is 24.5 Å². The highest BCUT2D eigenvalue weighted by Crippen LogP contribution is 2.34. The number of hydrogen-bond donors (Lipinski definition) is 0. The Bertz CT molecular complexity index is 1030. The summed E-state index contributed by atoms with van der Waals surface area (Å²) in [7, 11) is -3.59. The first-order valence-electron chi connectivity index (χ1n) is 9.16. The molecular weight excluding hydrogens is 385 g/mol. The van der Waals surface area contributed by atoms with Crippen LogP contribution in [0.3, 0.4) is 0 Å². The summed E-state index contributed by atoms with van der Waals surface area (Å²) in [5, 5.41) is 10.2. The van der Waals surface area contributed by atoms with Crippen LogP contribution < -0.4 is 9.21 Å². The number of nitro benzene ring substituents is 1. The van der Waals surface area contributed by atoms with Gasteiger partial charge >= 0.3 is 0 Å². The van der Waals surface area contributed by atoms with E-state index in [2.05, 4.69) is 0 Å². The number of piperidine rings is 1. The summed E-state index contributed by atoms with van der Waals surface area (Å²) in [4.78, 5) is 11.8. The number of benzene rings is 2. The van der Waals surface area contributed by atoms with Gasteiger partial charge in [0.15, 0.2) is 5.82 Å². The fourth-order valence-corrected chi connectivity index (χ4v) is 6.01. The number of nitrogens with zero attached hydrogens (tertiary/aromatic N) is 3. The van der Waals surface area contributed by atoms with Gasteiger partial charge in [-0.1, -0.05) is 18.2 Å². The Morgan fingerprint density at radius 3 is 2.64 bits per heavy atom. The highest BCUT2D eigenvalue weighted by atomic mass is 32.2. The van der Waals surface area contributed by atoms with Gasteiger partial charge < -0.3 is 4.90 Å². The largest absolute Gasteiger partial charge is 0.368 e. The van der Waals surface area contributed by atoms with Crippen LogP contribution in [0.1, 0.15) is 18.4 Å². The number of para-hydroxylation sites is 1. The van der Waals surface area contributed by atoms with Crippen molar-refractivity contribution in [3.8, 4) is 0 Å². The molecule has 28 heavy (non-hydrogen) atoms. The molecule has 0 aromatic heterocycles. The third kappa shape index (κ3) is 3.19. The van der Waals surface area contributed by atoms with Crippen molar-refractivity contribution in [1.29, 1.82) is 0 Å². The van der Waals surface area contributed by atoms with Crippen molar-refractivity contribution in [1.82, 2.24) is 0 Å². The molecule has 1 unspecified atom stereocenters. The van der Waals surface area contributed by atoms with Gasteiger partial charge in [-0.2, -0.15) is 0 Å². The van der Waals surface area contributed by atoms with E-state index < -0.39 is 26.0 Å². The van der Waals surface area contributed by atoms with Gasteiger partial charge in [0.1, 0.15) is 0 Å². The van der Waals surface area contributed by atoms with E-state index in [0.29, 0.717) is 32.4 Å². The maximum atomic E-state index is 14.4. The van der Waals surface area contributed by atoms with E-state index in [0.717, 1.165) is 17.3 Å². The Morgan fingerprint density at radius 2 is 1.89 bits per heavy atom. The Balaban J connectivity index is 1.58. The Hall–Kier alpha value is -2.68. The topological polar surface area (TPSA) is 83.8 Å². The van der Waals surface area contributed by atoms with Gasteiger partial charge in [0.05, 0.1) is 27.6 Å². The number of halogens is 1. The quantitative estimate of drug-likeness (QED) is 0.577. The van der Waals surface area contributed by atoms with Crippen molar-refractivity contribution in [2.75, 3.05) is 28.8 Å². The first kappa shape index (κ1) is 18.7. The lowest BCUT2D eigenvalue weighted by atomic mass is 10.1. The molecule has 1 fully saturated rings. The molecule has 4 rings (SSSR count). The van der Waals surface area contributed by atoms with Gasteiger partial charge in [-0.25, -0.2) is 12.8 Å². The van der Waals surface area contributed by atoms with E-state index in [1.165, 1.54) is 16.4 Å². The van der Waals surface area contributed by atoms with E-state index in [4.69, 9.17) is 0 Å². The molecule has 7 nitrogen and oxygen atoms in total. The molecule has 0 amide bonds. The Labute approximate surface area is 162 Å². The van der Waals surface area contributed by atoms with Crippen LogP contribution in [0, 0.1) is 15.9 Å². The molecular formula is C19H20FN3O4S. The molecule has 2 heterocycles. The van der Waals surface area contributed by atoms with Crippen LogP contribution in [0.2, 0.25) is 0 Å². The van der Waals surface area contributed by atoms with Crippen molar-refractivity contribution >= 4 is 27.1 Å². The number of anilines is 2. The van der Waals surface area contributed by atoms with Crippen LogP contribution in [-0.2, 0) is 16.4 Å². The normalized spacial score (nSPS) is 19.5. The summed E-state index contributed by atoms with van der Waals surface area (Å²) in [5.41, 5.74) is 1.62. The van der Waals surface area contributed by atoms with Crippen LogP contribution in [0.25, 0.3) is 0 Å². The number of rotatable bonds is 4. The summed E-state index contributed by atoms with van der Waals surface area (Å²) in [6, 6.07) is 11.0. The highest BCUT2D eigenvalue weighted by Gasteiger charge is 2.38. The van der Waals surface area contributed by atoms with Crippen molar-refractivity contribution in [3.05, 3.63) is 64.0 Å². The number of hydrogen-bond acceptors (Lipinski definition) is 5. The predicted octanol–water partition coefficient (Wildman–Crippen LogP) is 3.10. The van der Waals surface area contributed by atoms with Gasteiger partial charge in [0.2, 0.25) is 10.0 Å². The van der Waals surface area contributed by atoms with Gasteiger partial charge in [0.25, 0.3) is 5.69 Å². The monoisotopic (exact) mass is 405 g/mol. The lowest BCUT2D eigenvalue weighted by Crippen LogP contribution is -2.48. The zero-order valence-corrected chi connectivity index (χ0v) is 15.9. The number of sulfonamides is 1. The summed E-state index contributed by atoms with van der Waals surface area (Å²) in [6.07, 6.45) is 1.80. The highest BCUT2D eigenvalue weighted by molar-refractivity contribution is 7.93. The minimum absolute atomic E-state index is 0.162. The molecule has 148 valence electrons. The molecule has 1 atom stereocenters. The average Bonchev–Trinajstić information content (AvgIpc) is 3.13. The number of nitro groups is 1.